The van der Waals surface area contributed by atoms with Crippen molar-refractivity contribution in [2.45, 2.75) is 32.9 Å². The van der Waals surface area contributed by atoms with Gasteiger partial charge in [0.15, 0.2) is 5.96 Å². The number of nitrogens with zero attached hydrogens (tertiary/aromatic N) is 3. The van der Waals surface area contributed by atoms with Crippen LogP contribution in [0.3, 0.4) is 0 Å². The van der Waals surface area contributed by atoms with Gasteiger partial charge in [0.2, 0.25) is 0 Å². The van der Waals surface area contributed by atoms with Crippen LogP contribution in [-0.4, -0.2) is 88.4 Å². The zero-order chi connectivity index (χ0) is 16.5. The Balaban J connectivity index is 2.49. The normalized spacial score (nSPS) is 21.0. The molecule has 2 N–H and O–H groups in total. The molecule has 0 aromatic carbocycles. The summed E-state index contributed by atoms with van der Waals surface area (Å²) in [7, 11) is 5.73. The maximum atomic E-state index is 5.16. The van der Waals surface area contributed by atoms with Crippen molar-refractivity contribution in [1.82, 2.24) is 20.4 Å². The van der Waals surface area contributed by atoms with Gasteiger partial charge in [0, 0.05) is 59.0 Å². The first-order valence-electron chi connectivity index (χ1n) is 8.36. The van der Waals surface area contributed by atoms with Gasteiger partial charge in [0.1, 0.15) is 0 Å². The Hall–Kier alpha value is -0.850. The Kier molecular flexibility index (Phi) is 8.75. The molecule has 6 heteroatoms. The van der Waals surface area contributed by atoms with Gasteiger partial charge in [-0.05, 0) is 19.9 Å². The molecule has 1 rings (SSSR count). The highest BCUT2D eigenvalue weighted by molar-refractivity contribution is 5.79. The summed E-state index contributed by atoms with van der Waals surface area (Å²) < 4.78 is 5.16. The van der Waals surface area contributed by atoms with E-state index in [1.165, 1.54) is 0 Å². The van der Waals surface area contributed by atoms with Crippen molar-refractivity contribution in [2.75, 3.05) is 60.5 Å². The summed E-state index contributed by atoms with van der Waals surface area (Å²) in [6.07, 6.45) is 0. The van der Waals surface area contributed by atoms with Crippen LogP contribution in [-0.2, 0) is 4.74 Å². The molecular weight excluding hydrogens is 278 g/mol. The highest BCUT2D eigenvalue weighted by Gasteiger charge is 2.25. The first kappa shape index (κ1) is 19.2. The maximum Gasteiger partial charge on any atom is 0.191 e. The Morgan fingerprint density at radius 1 is 1.18 bits per heavy atom. The molecule has 6 nitrogen and oxygen atoms in total. The van der Waals surface area contributed by atoms with Gasteiger partial charge in [0.05, 0.1) is 6.61 Å². The quantitative estimate of drug-likeness (QED) is 0.528. The maximum absolute atomic E-state index is 5.16. The highest BCUT2D eigenvalue weighted by Crippen LogP contribution is 2.12. The van der Waals surface area contributed by atoms with Crippen molar-refractivity contribution in [3.05, 3.63) is 0 Å². The fourth-order valence-electron chi connectivity index (χ4n) is 2.86. The summed E-state index contributed by atoms with van der Waals surface area (Å²) >= 11 is 0. The molecule has 1 saturated heterocycles. The smallest absolute Gasteiger partial charge is 0.191 e. The SMILES string of the molecule is CN=C(NCC(C(C)C)N1CCN(C)CC1)NC(C)COC. The van der Waals surface area contributed by atoms with Crippen molar-refractivity contribution in [3.63, 3.8) is 0 Å². The molecule has 130 valence electrons. The summed E-state index contributed by atoms with van der Waals surface area (Å²) in [5, 5.41) is 6.84. The zero-order valence-electron chi connectivity index (χ0n) is 15.2. The largest absolute Gasteiger partial charge is 0.383 e. The van der Waals surface area contributed by atoms with Crippen LogP contribution in [0.25, 0.3) is 0 Å². The van der Waals surface area contributed by atoms with Gasteiger partial charge in [-0.15, -0.1) is 0 Å². The van der Waals surface area contributed by atoms with Gasteiger partial charge in [-0.1, -0.05) is 13.8 Å². The number of guanidine groups is 1. The fraction of sp³-hybridized carbons (Fsp3) is 0.938. The molecule has 22 heavy (non-hydrogen) atoms. The van der Waals surface area contributed by atoms with Crippen LogP contribution in [0, 0.1) is 5.92 Å². The minimum absolute atomic E-state index is 0.248. The van der Waals surface area contributed by atoms with Crippen LogP contribution < -0.4 is 10.6 Å². The number of methoxy groups -OCH3 is 1. The van der Waals surface area contributed by atoms with E-state index in [0.717, 1.165) is 38.7 Å². The van der Waals surface area contributed by atoms with E-state index in [2.05, 4.69) is 53.2 Å². The van der Waals surface area contributed by atoms with Gasteiger partial charge >= 0.3 is 0 Å². The second-order valence-corrected chi connectivity index (χ2v) is 6.60. The molecule has 0 radical (unpaired) electrons. The number of aliphatic imine (C=N–C) groups is 1. The van der Waals surface area contributed by atoms with Crippen LogP contribution in [0.5, 0.6) is 0 Å². The van der Waals surface area contributed by atoms with Crippen LogP contribution in [0.1, 0.15) is 20.8 Å². The molecule has 0 bridgehead atoms. The molecule has 0 amide bonds. The Morgan fingerprint density at radius 3 is 2.32 bits per heavy atom. The van der Waals surface area contributed by atoms with Crippen LogP contribution >= 0.6 is 0 Å². The van der Waals surface area contributed by atoms with Crippen molar-refractivity contribution in [1.29, 1.82) is 0 Å². The average molecular weight is 313 g/mol. The topological polar surface area (TPSA) is 52.1 Å². The van der Waals surface area contributed by atoms with E-state index in [1.807, 2.05) is 7.05 Å². The first-order valence-corrected chi connectivity index (χ1v) is 8.36. The Bertz CT molecular complexity index is 326. The Labute approximate surface area is 136 Å². The molecule has 2 unspecified atom stereocenters. The molecule has 0 aromatic heterocycles. The lowest BCUT2D eigenvalue weighted by Gasteiger charge is -2.40. The zero-order valence-corrected chi connectivity index (χ0v) is 15.2. The molecule has 0 spiro atoms. The predicted molar refractivity (Wildman–Crippen MR) is 93.5 cm³/mol. The lowest BCUT2D eigenvalue weighted by molar-refractivity contribution is 0.0899. The van der Waals surface area contributed by atoms with E-state index in [0.29, 0.717) is 18.6 Å². The van der Waals surface area contributed by atoms with Gasteiger partial charge in [-0.2, -0.15) is 0 Å². The predicted octanol–water partition coefficient (Wildman–Crippen LogP) is 0.458. The van der Waals surface area contributed by atoms with E-state index in [-0.39, 0.29) is 6.04 Å². The van der Waals surface area contributed by atoms with Crippen molar-refractivity contribution < 1.29 is 4.74 Å². The number of piperazine rings is 1. The van der Waals surface area contributed by atoms with E-state index in [4.69, 9.17) is 4.74 Å². The van der Waals surface area contributed by atoms with Gasteiger partial charge in [0.25, 0.3) is 0 Å². The van der Waals surface area contributed by atoms with Crippen molar-refractivity contribution >= 4 is 5.96 Å². The van der Waals surface area contributed by atoms with Crippen molar-refractivity contribution in [2.24, 2.45) is 10.9 Å². The second-order valence-electron chi connectivity index (χ2n) is 6.60. The van der Waals surface area contributed by atoms with E-state index in [1.54, 1.807) is 7.11 Å². The van der Waals surface area contributed by atoms with E-state index >= 15 is 0 Å². The molecule has 1 fully saturated rings. The fourth-order valence-corrected chi connectivity index (χ4v) is 2.86. The molecule has 0 aliphatic carbocycles. The minimum Gasteiger partial charge on any atom is -0.383 e. The van der Waals surface area contributed by atoms with E-state index in [9.17, 15) is 0 Å². The summed E-state index contributed by atoms with van der Waals surface area (Å²) in [6.45, 7) is 12.9. The van der Waals surface area contributed by atoms with Crippen LogP contribution in [0.2, 0.25) is 0 Å². The number of nitrogens with one attached hydrogen (secondary N) is 2. The van der Waals surface area contributed by atoms with Gasteiger partial charge in [-0.25, -0.2) is 0 Å². The van der Waals surface area contributed by atoms with Crippen molar-refractivity contribution in [3.8, 4) is 0 Å². The molecule has 0 saturated carbocycles. The van der Waals surface area contributed by atoms with Gasteiger partial charge < -0.3 is 20.3 Å². The third kappa shape index (κ3) is 6.50. The van der Waals surface area contributed by atoms with E-state index < -0.39 is 0 Å². The number of ether oxygens (including phenoxy) is 1. The summed E-state index contributed by atoms with van der Waals surface area (Å²) in [5.41, 5.74) is 0. The minimum atomic E-state index is 0.248. The second kappa shape index (κ2) is 10.0. The average Bonchev–Trinajstić information content (AvgIpc) is 2.48. The monoisotopic (exact) mass is 313 g/mol. The molecule has 2 atom stereocenters. The Morgan fingerprint density at radius 2 is 1.82 bits per heavy atom. The third-order valence-corrected chi connectivity index (χ3v) is 4.28. The lowest BCUT2D eigenvalue weighted by atomic mass is 10.0. The van der Waals surface area contributed by atoms with Crippen LogP contribution in [0.4, 0.5) is 0 Å². The number of hydrogen-bond acceptors (Lipinski definition) is 4. The van der Waals surface area contributed by atoms with Gasteiger partial charge in [-0.3, -0.25) is 9.89 Å². The standard InChI is InChI=1S/C16H35N5O/c1-13(2)15(21-9-7-20(5)8-10-21)11-18-16(17-4)19-14(3)12-22-6/h13-15H,7-12H2,1-6H3,(H2,17,18,19). The molecule has 1 aliphatic heterocycles. The molecule has 0 aromatic rings. The third-order valence-electron chi connectivity index (χ3n) is 4.28. The first-order chi connectivity index (χ1) is 10.5. The summed E-state index contributed by atoms with van der Waals surface area (Å²) in [4.78, 5) is 9.31. The summed E-state index contributed by atoms with van der Waals surface area (Å²) in [6, 6.07) is 0.780. The summed E-state index contributed by atoms with van der Waals surface area (Å²) in [5.74, 6) is 1.47. The number of hydrogen-bond donors (Lipinski definition) is 2. The highest BCUT2D eigenvalue weighted by atomic mass is 16.5. The lowest BCUT2D eigenvalue weighted by Crippen LogP contribution is -2.55. The molecule has 1 heterocycles. The number of rotatable bonds is 7. The molecular formula is C16H35N5O. The number of likely N-dealkylation sites (N-methyl/N-ethyl adjacent to an activating group) is 1. The molecule has 1 aliphatic rings. The van der Waals surface area contributed by atoms with Crippen LogP contribution in [0.15, 0.2) is 4.99 Å².